The summed E-state index contributed by atoms with van der Waals surface area (Å²) in [6.07, 6.45) is 5.11. The van der Waals surface area contributed by atoms with Gasteiger partial charge in [-0.2, -0.15) is 9.83 Å². The van der Waals surface area contributed by atoms with Crippen LogP contribution in [0.25, 0.3) is 44.1 Å². The average molecular weight is 432 g/mol. The van der Waals surface area contributed by atoms with Crippen molar-refractivity contribution >= 4 is 32.8 Å². The third-order valence-electron chi connectivity index (χ3n) is 7.78. The maximum absolute atomic E-state index is 10.1. The molecule has 3 heteroatoms. The van der Waals surface area contributed by atoms with E-state index in [2.05, 4.69) is 67.9 Å². The zero-order chi connectivity index (χ0) is 22.7. The predicted octanol–water partition coefficient (Wildman–Crippen LogP) is 7.38. The summed E-state index contributed by atoms with van der Waals surface area (Å²) in [7, 11) is 2.15. The number of benzene rings is 3. The minimum atomic E-state index is 0.598. The van der Waals surface area contributed by atoms with E-state index in [0.717, 1.165) is 49.9 Å². The van der Waals surface area contributed by atoms with Gasteiger partial charge in [-0.1, -0.05) is 43.2 Å². The number of fused-ring (bicyclic) bond motifs is 4. The molecule has 3 nitrogen and oxygen atoms in total. The monoisotopic (exact) mass is 431 g/mol. The summed E-state index contributed by atoms with van der Waals surface area (Å²) in [5.41, 5.74) is 9.45. The topological polar surface area (TPSA) is 40.8 Å². The summed E-state index contributed by atoms with van der Waals surface area (Å²) in [4.78, 5) is 0. The highest BCUT2D eigenvalue weighted by Crippen LogP contribution is 2.43. The van der Waals surface area contributed by atoms with Gasteiger partial charge >= 0.3 is 0 Å². The van der Waals surface area contributed by atoms with Crippen LogP contribution < -0.4 is 4.57 Å². The summed E-state index contributed by atoms with van der Waals surface area (Å²) in [5.74, 6) is 0.598. The van der Waals surface area contributed by atoms with E-state index in [9.17, 15) is 5.26 Å². The number of aryl methyl sites for hydroxylation is 1. The quantitative estimate of drug-likeness (QED) is 0.274. The van der Waals surface area contributed by atoms with Gasteiger partial charge in [0.2, 0.25) is 11.2 Å². The van der Waals surface area contributed by atoms with E-state index in [4.69, 9.17) is 4.42 Å². The van der Waals surface area contributed by atoms with Crippen LogP contribution in [0.3, 0.4) is 0 Å². The SMILES string of the molecule is Cc1c(C)c(C#N)c2c(oc3ccccc32)c1-c1cc(C2CCCC2)c2ccccc2[n+]1C. The van der Waals surface area contributed by atoms with Gasteiger partial charge in [0, 0.05) is 28.3 Å². The Hall–Kier alpha value is -3.64. The average Bonchev–Trinajstić information content (AvgIpc) is 3.50. The molecule has 3 aromatic carbocycles. The van der Waals surface area contributed by atoms with Crippen LogP contribution in [0.1, 0.15) is 53.9 Å². The summed E-state index contributed by atoms with van der Waals surface area (Å²) in [6.45, 7) is 4.19. The van der Waals surface area contributed by atoms with Gasteiger partial charge in [0.05, 0.1) is 11.1 Å². The van der Waals surface area contributed by atoms with Gasteiger partial charge in [-0.3, -0.25) is 0 Å². The molecule has 5 aromatic rings. The molecular formula is C30H27N2O+. The lowest BCUT2D eigenvalue weighted by atomic mass is 9.88. The van der Waals surface area contributed by atoms with Crippen molar-refractivity contribution in [3.05, 3.63) is 76.9 Å². The zero-order valence-electron chi connectivity index (χ0n) is 19.4. The first-order valence-corrected chi connectivity index (χ1v) is 11.9. The van der Waals surface area contributed by atoms with Crippen molar-refractivity contribution in [1.82, 2.24) is 0 Å². The predicted molar refractivity (Wildman–Crippen MR) is 133 cm³/mol. The number of pyridine rings is 1. The normalized spacial score (nSPS) is 14.5. The molecule has 2 heterocycles. The second-order valence-electron chi connectivity index (χ2n) is 9.46. The van der Waals surface area contributed by atoms with Gasteiger partial charge in [-0.05, 0) is 61.4 Å². The van der Waals surface area contributed by atoms with Crippen LogP contribution in [-0.2, 0) is 7.05 Å². The van der Waals surface area contributed by atoms with E-state index < -0.39 is 0 Å². The Morgan fingerprint density at radius 1 is 0.939 bits per heavy atom. The van der Waals surface area contributed by atoms with Crippen LogP contribution in [-0.4, -0.2) is 0 Å². The number of nitriles is 1. The Labute approximate surface area is 193 Å². The molecule has 1 saturated carbocycles. The van der Waals surface area contributed by atoms with Crippen LogP contribution in [0.2, 0.25) is 0 Å². The fourth-order valence-electron chi connectivity index (χ4n) is 5.93. The second-order valence-corrected chi connectivity index (χ2v) is 9.46. The van der Waals surface area contributed by atoms with Crippen molar-refractivity contribution < 1.29 is 8.98 Å². The Kier molecular flexibility index (Phi) is 4.52. The first-order valence-electron chi connectivity index (χ1n) is 11.9. The summed E-state index contributed by atoms with van der Waals surface area (Å²) in [5, 5.41) is 13.4. The van der Waals surface area contributed by atoms with Crippen LogP contribution in [0, 0.1) is 25.2 Å². The van der Waals surface area contributed by atoms with Crippen molar-refractivity contribution in [2.45, 2.75) is 45.4 Å². The molecule has 2 aromatic heterocycles. The van der Waals surface area contributed by atoms with Crippen LogP contribution in [0.5, 0.6) is 0 Å². The van der Waals surface area contributed by atoms with Gasteiger partial charge in [-0.25, -0.2) is 0 Å². The maximum atomic E-state index is 10.1. The minimum Gasteiger partial charge on any atom is -0.455 e. The summed E-state index contributed by atoms with van der Waals surface area (Å²) in [6, 6.07) is 21.7. The number of para-hydroxylation sites is 2. The Morgan fingerprint density at radius 2 is 1.64 bits per heavy atom. The number of furan rings is 1. The molecule has 0 saturated heterocycles. The number of hydrogen-bond donors (Lipinski definition) is 0. The summed E-state index contributed by atoms with van der Waals surface area (Å²) < 4.78 is 8.78. The smallest absolute Gasteiger partial charge is 0.217 e. The first-order chi connectivity index (χ1) is 16.1. The fraction of sp³-hybridized carbons (Fsp3) is 0.267. The Balaban J connectivity index is 1.78. The standard InChI is InChI=1S/C30H27N2O/c1-18-19(2)28(30-29(24(18)17-31)22-13-7-9-15-27(22)33-30)26-16-23(20-10-4-5-11-20)21-12-6-8-14-25(21)32(26)3/h6-9,12-16,20H,4-5,10-11H2,1-3H3/q+1. The van der Waals surface area contributed by atoms with Crippen molar-refractivity contribution in [1.29, 1.82) is 5.26 Å². The molecule has 162 valence electrons. The van der Waals surface area contributed by atoms with Gasteiger partial charge < -0.3 is 4.42 Å². The fourth-order valence-corrected chi connectivity index (χ4v) is 5.93. The van der Waals surface area contributed by atoms with Crippen molar-refractivity contribution in [2.75, 3.05) is 0 Å². The van der Waals surface area contributed by atoms with Gasteiger partial charge in [0.15, 0.2) is 5.58 Å². The van der Waals surface area contributed by atoms with Crippen LogP contribution >= 0.6 is 0 Å². The van der Waals surface area contributed by atoms with E-state index in [0.29, 0.717) is 5.92 Å². The van der Waals surface area contributed by atoms with E-state index in [1.165, 1.54) is 42.1 Å². The van der Waals surface area contributed by atoms with E-state index >= 15 is 0 Å². The van der Waals surface area contributed by atoms with E-state index in [1.54, 1.807) is 0 Å². The molecule has 0 amide bonds. The second kappa shape index (κ2) is 7.46. The number of hydrogen-bond acceptors (Lipinski definition) is 2. The lowest BCUT2D eigenvalue weighted by Gasteiger charge is -2.16. The highest BCUT2D eigenvalue weighted by molar-refractivity contribution is 6.13. The van der Waals surface area contributed by atoms with Gasteiger partial charge in [0.25, 0.3) is 0 Å². The molecule has 1 aliphatic carbocycles. The molecule has 0 unspecified atom stereocenters. The number of rotatable bonds is 2. The lowest BCUT2D eigenvalue weighted by Crippen LogP contribution is -2.33. The van der Waals surface area contributed by atoms with Crippen molar-refractivity contribution in [2.24, 2.45) is 7.05 Å². The highest BCUT2D eigenvalue weighted by Gasteiger charge is 2.29. The third-order valence-corrected chi connectivity index (χ3v) is 7.78. The molecule has 0 spiro atoms. The van der Waals surface area contributed by atoms with Crippen molar-refractivity contribution in [3.8, 4) is 17.3 Å². The Morgan fingerprint density at radius 3 is 2.39 bits per heavy atom. The minimum absolute atomic E-state index is 0.598. The maximum Gasteiger partial charge on any atom is 0.217 e. The number of aromatic nitrogens is 1. The molecule has 1 aliphatic rings. The molecule has 33 heavy (non-hydrogen) atoms. The zero-order valence-corrected chi connectivity index (χ0v) is 19.4. The van der Waals surface area contributed by atoms with E-state index in [-0.39, 0.29) is 0 Å². The number of nitrogens with zero attached hydrogens (tertiary/aromatic N) is 2. The first kappa shape index (κ1) is 20.0. The molecule has 0 atom stereocenters. The van der Waals surface area contributed by atoms with E-state index in [1.807, 2.05) is 18.2 Å². The van der Waals surface area contributed by atoms with Gasteiger partial charge in [0.1, 0.15) is 18.7 Å². The largest absolute Gasteiger partial charge is 0.455 e. The molecule has 0 bridgehead atoms. The molecule has 0 aliphatic heterocycles. The molecular weight excluding hydrogens is 404 g/mol. The Bertz CT molecular complexity index is 1610. The molecule has 1 fully saturated rings. The van der Waals surface area contributed by atoms with Gasteiger partial charge in [-0.15, -0.1) is 0 Å². The summed E-state index contributed by atoms with van der Waals surface area (Å²) >= 11 is 0. The van der Waals surface area contributed by atoms with Crippen molar-refractivity contribution in [3.63, 3.8) is 0 Å². The molecule has 0 radical (unpaired) electrons. The van der Waals surface area contributed by atoms with Crippen LogP contribution in [0.4, 0.5) is 0 Å². The highest BCUT2D eigenvalue weighted by atomic mass is 16.3. The molecule has 6 rings (SSSR count). The molecule has 0 N–H and O–H groups in total. The van der Waals surface area contributed by atoms with Crippen LogP contribution in [0.15, 0.2) is 59.0 Å². The third kappa shape index (κ3) is 2.84. The lowest BCUT2D eigenvalue weighted by molar-refractivity contribution is -0.633.